The van der Waals surface area contributed by atoms with Crippen LogP contribution in [-0.2, 0) is 4.79 Å². The number of amides is 1. The second-order valence-corrected chi connectivity index (χ2v) is 6.68. The fourth-order valence-corrected chi connectivity index (χ4v) is 3.68. The third-order valence-corrected chi connectivity index (χ3v) is 5.11. The Morgan fingerprint density at radius 3 is 2.58 bits per heavy atom. The summed E-state index contributed by atoms with van der Waals surface area (Å²) in [6.07, 6.45) is 8.93. The van der Waals surface area contributed by atoms with Crippen molar-refractivity contribution in [3.8, 4) is 5.69 Å². The van der Waals surface area contributed by atoms with Crippen LogP contribution in [0.1, 0.15) is 24.3 Å². The summed E-state index contributed by atoms with van der Waals surface area (Å²) in [6, 6.07) is 9.94. The number of likely N-dealkylation sites (tertiary alicyclic amines) is 1. The fraction of sp³-hybridized carbons (Fsp3) is 0.263. The van der Waals surface area contributed by atoms with Crippen LogP contribution in [0.15, 0.2) is 48.9 Å². The Bertz CT molecular complexity index is 864. The van der Waals surface area contributed by atoms with E-state index in [0.29, 0.717) is 5.92 Å². The van der Waals surface area contributed by atoms with E-state index in [-0.39, 0.29) is 0 Å². The van der Waals surface area contributed by atoms with Crippen LogP contribution < -0.4 is 0 Å². The molecule has 0 N–H and O–H groups in total. The Hall–Kier alpha value is -2.33. The van der Waals surface area contributed by atoms with Gasteiger partial charge in [-0.15, -0.1) is 0 Å². The highest BCUT2D eigenvalue weighted by molar-refractivity contribution is 6.30. The van der Waals surface area contributed by atoms with Crippen LogP contribution in [0.25, 0.3) is 16.6 Å². The predicted octanol–water partition coefficient (Wildman–Crippen LogP) is 4.01. The number of halogens is 1. The van der Waals surface area contributed by atoms with Crippen LogP contribution in [0.3, 0.4) is 0 Å². The molecule has 1 amide bonds. The zero-order valence-electron chi connectivity index (χ0n) is 13.2. The maximum atomic E-state index is 10.9. The van der Waals surface area contributed by atoms with Gasteiger partial charge in [-0.1, -0.05) is 11.6 Å². The number of piperidine rings is 1. The molecule has 24 heavy (non-hydrogen) atoms. The number of benzene rings is 1. The van der Waals surface area contributed by atoms with Crippen LogP contribution in [0, 0.1) is 0 Å². The van der Waals surface area contributed by atoms with Gasteiger partial charge in [0.2, 0.25) is 6.41 Å². The van der Waals surface area contributed by atoms with Gasteiger partial charge in [0.1, 0.15) is 0 Å². The molecule has 122 valence electrons. The number of rotatable bonds is 3. The van der Waals surface area contributed by atoms with Crippen molar-refractivity contribution in [1.29, 1.82) is 0 Å². The molecule has 4 nitrogen and oxygen atoms in total. The van der Waals surface area contributed by atoms with Gasteiger partial charge in [-0.05, 0) is 54.7 Å². The van der Waals surface area contributed by atoms with Gasteiger partial charge in [0.25, 0.3) is 0 Å². The van der Waals surface area contributed by atoms with Crippen LogP contribution in [-0.4, -0.2) is 34.0 Å². The summed E-state index contributed by atoms with van der Waals surface area (Å²) < 4.78 is 2.18. The highest BCUT2D eigenvalue weighted by Gasteiger charge is 2.23. The smallest absolute Gasteiger partial charge is 0.209 e. The lowest BCUT2D eigenvalue weighted by Crippen LogP contribution is -2.31. The van der Waals surface area contributed by atoms with E-state index in [4.69, 9.17) is 11.6 Å². The molecule has 0 radical (unpaired) electrons. The lowest BCUT2D eigenvalue weighted by atomic mass is 9.89. The molecule has 0 atom stereocenters. The Morgan fingerprint density at radius 2 is 1.88 bits per heavy atom. The minimum Gasteiger partial charge on any atom is -0.345 e. The molecule has 3 heterocycles. The number of hydrogen-bond donors (Lipinski definition) is 0. The van der Waals surface area contributed by atoms with Gasteiger partial charge in [-0.3, -0.25) is 9.78 Å². The molecule has 2 aromatic heterocycles. The van der Waals surface area contributed by atoms with E-state index in [1.54, 1.807) is 0 Å². The molecule has 1 aromatic carbocycles. The average molecular weight is 340 g/mol. The van der Waals surface area contributed by atoms with Crippen molar-refractivity contribution < 1.29 is 4.79 Å². The summed E-state index contributed by atoms with van der Waals surface area (Å²) in [7, 11) is 0. The normalized spacial score (nSPS) is 15.8. The van der Waals surface area contributed by atoms with E-state index in [2.05, 4.69) is 21.8 Å². The molecular weight excluding hydrogens is 322 g/mol. The standard InChI is InChI=1S/C19H18ClN3O/c20-15-1-3-16(4-2-15)23-12-18(17-5-8-21-11-19(17)23)14-6-9-22(13-24)10-7-14/h1-5,8,11-14H,6-7,9-10H2. The van der Waals surface area contributed by atoms with Crippen LogP contribution in [0.5, 0.6) is 0 Å². The van der Waals surface area contributed by atoms with Gasteiger partial charge >= 0.3 is 0 Å². The Kier molecular flexibility index (Phi) is 3.98. The zero-order chi connectivity index (χ0) is 16.5. The largest absolute Gasteiger partial charge is 0.345 e. The van der Waals surface area contributed by atoms with Crippen molar-refractivity contribution in [1.82, 2.24) is 14.5 Å². The van der Waals surface area contributed by atoms with Crippen LogP contribution in [0.2, 0.25) is 5.02 Å². The van der Waals surface area contributed by atoms with Crippen molar-refractivity contribution >= 4 is 28.9 Å². The van der Waals surface area contributed by atoms with Crippen molar-refractivity contribution in [3.05, 3.63) is 59.5 Å². The molecule has 1 aliphatic heterocycles. The van der Waals surface area contributed by atoms with Crippen LogP contribution >= 0.6 is 11.6 Å². The van der Waals surface area contributed by atoms with Gasteiger partial charge in [-0.25, -0.2) is 0 Å². The van der Waals surface area contributed by atoms with Gasteiger partial charge < -0.3 is 9.47 Å². The minimum atomic E-state index is 0.472. The molecule has 5 heteroatoms. The van der Waals surface area contributed by atoms with Crippen molar-refractivity contribution in [2.75, 3.05) is 13.1 Å². The van der Waals surface area contributed by atoms with Crippen molar-refractivity contribution in [3.63, 3.8) is 0 Å². The second-order valence-electron chi connectivity index (χ2n) is 6.24. The first-order chi connectivity index (χ1) is 11.8. The highest BCUT2D eigenvalue weighted by Crippen LogP contribution is 2.35. The predicted molar refractivity (Wildman–Crippen MR) is 95.7 cm³/mol. The van der Waals surface area contributed by atoms with Crippen molar-refractivity contribution in [2.24, 2.45) is 0 Å². The monoisotopic (exact) mass is 339 g/mol. The Balaban J connectivity index is 1.77. The van der Waals surface area contributed by atoms with Gasteiger partial charge in [-0.2, -0.15) is 0 Å². The molecule has 3 aromatic rings. The topological polar surface area (TPSA) is 38.1 Å². The van der Waals surface area contributed by atoms with E-state index < -0.39 is 0 Å². The Morgan fingerprint density at radius 1 is 1.12 bits per heavy atom. The third kappa shape index (κ3) is 2.67. The molecule has 4 rings (SSSR count). The molecule has 0 aliphatic carbocycles. The zero-order valence-corrected chi connectivity index (χ0v) is 14.0. The highest BCUT2D eigenvalue weighted by atomic mass is 35.5. The third-order valence-electron chi connectivity index (χ3n) is 4.86. The molecular formula is C19H18ClN3O. The lowest BCUT2D eigenvalue weighted by Gasteiger charge is -2.29. The van der Waals surface area contributed by atoms with Gasteiger partial charge in [0.15, 0.2) is 0 Å². The number of hydrogen-bond acceptors (Lipinski definition) is 2. The first-order valence-corrected chi connectivity index (χ1v) is 8.54. The Labute approximate surface area is 145 Å². The first-order valence-electron chi connectivity index (χ1n) is 8.16. The summed E-state index contributed by atoms with van der Waals surface area (Å²) >= 11 is 6.02. The van der Waals surface area contributed by atoms with E-state index in [0.717, 1.165) is 48.6 Å². The number of fused-ring (bicyclic) bond motifs is 1. The van der Waals surface area contributed by atoms with Crippen LogP contribution in [0.4, 0.5) is 0 Å². The molecule has 1 fully saturated rings. The molecule has 0 spiro atoms. The summed E-state index contributed by atoms with van der Waals surface area (Å²) in [5.74, 6) is 0.472. The quantitative estimate of drug-likeness (QED) is 0.676. The summed E-state index contributed by atoms with van der Waals surface area (Å²) in [5.41, 5.74) is 3.52. The number of nitrogens with zero attached hydrogens (tertiary/aromatic N) is 3. The molecule has 0 saturated carbocycles. The van der Waals surface area contributed by atoms with E-state index in [1.807, 2.05) is 41.6 Å². The lowest BCUT2D eigenvalue weighted by molar-refractivity contribution is -0.119. The summed E-state index contributed by atoms with van der Waals surface area (Å²) in [6.45, 7) is 1.65. The number of carbonyl (C=O) groups is 1. The van der Waals surface area contributed by atoms with Gasteiger partial charge in [0, 0.05) is 41.6 Å². The van der Waals surface area contributed by atoms with E-state index in [9.17, 15) is 4.79 Å². The molecule has 0 unspecified atom stereocenters. The SMILES string of the molecule is O=CN1CCC(c2cn(-c3ccc(Cl)cc3)c3cnccc23)CC1. The molecule has 0 bridgehead atoms. The average Bonchev–Trinajstić information content (AvgIpc) is 3.02. The summed E-state index contributed by atoms with van der Waals surface area (Å²) in [5, 5.41) is 1.97. The maximum Gasteiger partial charge on any atom is 0.209 e. The van der Waals surface area contributed by atoms with E-state index in [1.165, 1.54) is 10.9 Å². The van der Waals surface area contributed by atoms with Crippen molar-refractivity contribution in [2.45, 2.75) is 18.8 Å². The molecule has 1 aliphatic rings. The number of carbonyl (C=O) groups excluding carboxylic acids is 1. The minimum absolute atomic E-state index is 0.472. The summed E-state index contributed by atoms with van der Waals surface area (Å²) in [4.78, 5) is 17.1. The number of pyridine rings is 1. The number of aromatic nitrogens is 2. The van der Waals surface area contributed by atoms with Gasteiger partial charge in [0.05, 0.1) is 11.7 Å². The first kappa shape index (κ1) is 15.2. The molecule has 1 saturated heterocycles. The van der Waals surface area contributed by atoms with E-state index >= 15 is 0 Å². The fourth-order valence-electron chi connectivity index (χ4n) is 3.56. The maximum absolute atomic E-state index is 10.9. The second kappa shape index (κ2) is 6.29.